The van der Waals surface area contributed by atoms with Gasteiger partial charge in [-0.3, -0.25) is 4.79 Å². The average Bonchev–Trinajstić information content (AvgIpc) is 2.36. The molecule has 0 aliphatic carbocycles. The number of methoxy groups -OCH3 is 1. The normalized spacial score (nSPS) is 11.9. The molecule has 0 aliphatic rings. The molecule has 100 valence electrons. The number of nitrogens with one attached hydrogen (secondary N) is 2. The zero-order chi connectivity index (χ0) is 13.5. The number of hydrogen-bond acceptors (Lipinski definition) is 4. The van der Waals surface area contributed by atoms with Crippen LogP contribution in [0.3, 0.4) is 0 Å². The number of amides is 1. The number of ether oxygens (including phenoxy) is 1. The Kier molecular flexibility index (Phi) is 5.45. The highest BCUT2D eigenvalue weighted by atomic mass is 16.5. The van der Waals surface area contributed by atoms with Crippen LogP contribution in [0.15, 0.2) is 18.2 Å². The first-order valence-corrected chi connectivity index (χ1v) is 5.97. The van der Waals surface area contributed by atoms with E-state index in [0.29, 0.717) is 18.0 Å². The molecule has 5 heteroatoms. The predicted molar refractivity (Wildman–Crippen MR) is 71.0 cm³/mol. The average molecular weight is 252 g/mol. The molecule has 1 atom stereocenters. The van der Waals surface area contributed by atoms with E-state index in [2.05, 4.69) is 10.6 Å². The molecule has 0 bridgehead atoms. The fourth-order valence-corrected chi connectivity index (χ4v) is 1.49. The quantitative estimate of drug-likeness (QED) is 0.719. The van der Waals surface area contributed by atoms with E-state index in [9.17, 15) is 9.90 Å². The second-order valence-electron chi connectivity index (χ2n) is 4.08. The van der Waals surface area contributed by atoms with Crippen LogP contribution in [-0.2, 0) is 4.79 Å². The standard InChI is InChI=1S/C13H20N2O3/c1-4-14-8-9(2)13(17)15-10-5-6-12(18-3)11(16)7-10/h5-7,9,14,16H,4,8H2,1-3H3,(H,15,17). The summed E-state index contributed by atoms with van der Waals surface area (Å²) in [7, 11) is 1.48. The summed E-state index contributed by atoms with van der Waals surface area (Å²) >= 11 is 0. The molecule has 0 fully saturated rings. The van der Waals surface area contributed by atoms with Gasteiger partial charge in [0.05, 0.1) is 7.11 Å². The van der Waals surface area contributed by atoms with E-state index in [4.69, 9.17) is 4.74 Å². The van der Waals surface area contributed by atoms with Crippen molar-refractivity contribution in [2.24, 2.45) is 5.92 Å². The Bertz CT molecular complexity index is 407. The first kappa shape index (κ1) is 14.3. The van der Waals surface area contributed by atoms with E-state index in [1.54, 1.807) is 12.1 Å². The highest BCUT2D eigenvalue weighted by Crippen LogP contribution is 2.28. The van der Waals surface area contributed by atoms with Crippen LogP contribution in [0.5, 0.6) is 11.5 Å². The third-order valence-electron chi connectivity index (χ3n) is 2.59. The molecule has 0 heterocycles. The Morgan fingerprint density at radius 2 is 2.22 bits per heavy atom. The summed E-state index contributed by atoms with van der Waals surface area (Å²) in [6.45, 7) is 5.30. The van der Waals surface area contributed by atoms with E-state index >= 15 is 0 Å². The van der Waals surface area contributed by atoms with Crippen molar-refractivity contribution in [3.05, 3.63) is 18.2 Å². The van der Waals surface area contributed by atoms with E-state index in [-0.39, 0.29) is 17.6 Å². The molecule has 1 unspecified atom stereocenters. The molecule has 1 aromatic rings. The highest BCUT2D eigenvalue weighted by Gasteiger charge is 2.13. The molecule has 0 saturated carbocycles. The number of benzene rings is 1. The third kappa shape index (κ3) is 3.92. The van der Waals surface area contributed by atoms with Crippen molar-refractivity contribution in [2.45, 2.75) is 13.8 Å². The van der Waals surface area contributed by atoms with E-state index in [1.807, 2.05) is 13.8 Å². The number of phenolic OH excluding ortho intramolecular Hbond substituents is 1. The maximum absolute atomic E-state index is 11.8. The molecule has 0 spiro atoms. The first-order valence-electron chi connectivity index (χ1n) is 5.97. The molecule has 5 nitrogen and oxygen atoms in total. The number of carbonyl (C=O) groups is 1. The maximum atomic E-state index is 11.8. The molecule has 0 radical (unpaired) electrons. The zero-order valence-electron chi connectivity index (χ0n) is 11.0. The molecule has 1 amide bonds. The Balaban J connectivity index is 2.61. The van der Waals surface area contributed by atoms with E-state index in [1.165, 1.54) is 13.2 Å². The Morgan fingerprint density at radius 3 is 2.78 bits per heavy atom. The molecule has 0 aromatic heterocycles. The number of phenols is 1. The van der Waals surface area contributed by atoms with Gasteiger partial charge in [-0.15, -0.1) is 0 Å². The summed E-state index contributed by atoms with van der Waals surface area (Å²) < 4.78 is 4.93. The Hall–Kier alpha value is -1.75. The lowest BCUT2D eigenvalue weighted by Crippen LogP contribution is -2.30. The van der Waals surface area contributed by atoms with Gasteiger partial charge in [-0.05, 0) is 18.7 Å². The second-order valence-corrected chi connectivity index (χ2v) is 4.08. The Morgan fingerprint density at radius 1 is 1.50 bits per heavy atom. The molecule has 3 N–H and O–H groups in total. The largest absolute Gasteiger partial charge is 0.504 e. The lowest BCUT2D eigenvalue weighted by Gasteiger charge is -2.13. The first-order chi connectivity index (χ1) is 8.58. The summed E-state index contributed by atoms with van der Waals surface area (Å²) in [5.41, 5.74) is 0.557. The van der Waals surface area contributed by atoms with Crippen LogP contribution in [0.25, 0.3) is 0 Å². The fourth-order valence-electron chi connectivity index (χ4n) is 1.49. The van der Waals surface area contributed by atoms with Crippen molar-refractivity contribution in [1.29, 1.82) is 0 Å². The van der Waals surface area contributed by atoms with Crippen molar-refractivity contribution in [1.82, 2.24) is 5.32 Å². The predicted octanol–water partition coefficient (Wildman–Crippen LogP) is 1.58. The second kappa shape index (κ2) is 6.86. The van der Waals surface area contributed by atoms with Gasteiger partial charge in [-0.2, -0.15) is 0 Å². The van der Waals surface area contributed by atoms with Gasteiger partial charge < -0.3 is 20.5 Å². The van der Waals surface area contributed by atoms with Gasteiger partial charge >= 0.3 is 0 Å². The van der Waals surface area contributed by atoms with Crippen molar-refractivity contribution in [3.8, 4) is 11.5 Å². The SMILES string of the molecule is CCNCC(C)C(=O)Nc1ccc(OC)c(O)c1. The molecule has 0 aliphatic heterocycles. The third-order valence-corrected chi connectivity index (χ3v) is 2.59. The number of rotatable bonds is 6. The minimum Gasteiger partial charge on any atom is -0.504 e. The molecule has 0 saturated heterocycles. The number of hydrogen-bond donors (Lipinski definition) is 3. The van der Waals surface area contributed by atoms with Gasteiger partial charge in [0.1, 0.15) is 0 Å². The molecule has 1 rings (SSSR count). The van der Waals surface area contributed by atoms with Gasteiger partial charge in [0.25, 0.3) is 0 Å². The lowest BCUT2D eigenvalue weighted by atomic mass is 10.1. The van der Waals surface area contributed by atoms with Crippen LogP contribution in [0.1, 0.15) is 13.8 Å². The van der Waals surface area contributed by atoms with Crippen LogP contribution in [0.2, 0.25) is 0 Å². The van der Waals surface area contributed by atoms with E-state index < -0.39 is 0 Å². The topological polar surface area (TPSA) is 70.6 Å². The van der Waals surface area contributed by atoms with Crippen LogP contribution in [0.4, 0.5) is 5.69 Å². The van der Waals surface area contributed by atoms with Crippen LogP contribution in [-0.4, -0.2) is 31.2 Å². The highest BCUT2D eigenvalue weighted by molar-refractivity contribution is 5.92. The summed E-state index contributed by atoms with van der Waals surface area (Å²) in [6.07, 6.45) is 0. The summed E-state index contributed by atoms with van der Waals surface area (Å²) in [6, 6.07) is 4.77. The van der Waals surface area contributed by atoms with Gasteiger partial charge in [-0.25, -0.2) is 0 Å². The minimum absolute atomic E-state index is 0.00892. The zero-order valence-corrected chi connectivity index (χ0v) is 11.0. The van der Waals surface area contributed by atoms with Crippen molar-refractivity contribution in [2.75, 3.05) is 25.5 Å². The van der Waals surface area contributed by atoms with Gasteiger partial charge in [0, 0.05) is 24.2 Å². The van der Waals surface area contributed by atoms with Crippen LogP contribution < -0.4 is 15.4 Å². The smallest absolute Gasteiger partial charge is 0.228 e. The summed E-state index contributed by atoms with van der Waals surface area (Å²) in [4.78, 5) is 11.8. The number of anilines is 1. The van der Waals surface area contributed by atoms with Gasteiger partial charge in [0.2, 0.25) is 5.91 Å². The Labute approximate surface area is 107 Å². The van der Waals surface area contributed by atoms with Crippen molar-refractivity contribution >= 4 is 11.6 Å². The molecular formula is C13H20N2O3. The molecular weight excluding hydrogens is 232 g/mol. The van der Waals surface area contributed by atoms with Crippen LogP contribution >= 0.6 is 0 Å². The number of carbonyl (C=O) groups excluding carboxylic acids is 1. The van der Waals surface area contributed by atoms with Crippen molar-refractivity contribution in [3.63, 3.8) is 0 Å². The molecule has 1 aromatic carbocycles. The van der Waals surface area contributed by atoms with Crippen molar-refractivity contribution < 1.29 is 14.6 Å². The van der Waals surface area contributed by atoms with Gasteiger partial charge in [0.15, 0.2) is 11.5 Å². The van der Waals surface area contributed by atoms with Crippen LogP contribution in [0, 0.1) is 5.92 Å². The van der Waals surface area contributed by atoms with Gasteiger partial charge in [-0.1, -0.05) is 13.8 Å². The molecule has 18 heavy (non-hydrogen) atoms. The summed E-state index contributed by atoms with van der Waals surface area (Å²) in [5, 5.41) is 15.5. The maximum Gasteiger partial charge on any atom is 0.228 e. The minimum atomic E-state index is -0.130. The number of aromatic hydroxyl groups is 1. The lowest BCUT2D eigenvalue weighted by molar-refractivity contribution is -0.119. The monoisotopic (exact) mass is 252 g/mol. The van der Waals surface area contributed by atoms with E-state index in [0.717, 1.165) is 6.54 Å². The summed E-state index contributed by atoms with van der Waals surface area (Å²) in [5.74, 6) is 0.179. The fraction of sp³-hybridized carbons (Fsp3) is 0.462.